The lowest BCUT2D eigenvalue weighted by molar-refractivity contribution is 0.188. The fraction of sp³-hybridized carbons (Fsp3) is 0.682. The monoisotopic (exact) mass is 499 g/mol. The van der Waals surface area contributed by atoms with E-state index in [1.807, 2.05) is 0 Å². The molecule has 0 aromatic heterocycles. The lowest BCUT2D eigenvalue weighted by atomic mass is 9.97. The van der Waals surface area contributed by atoms with Gasteiger partial charge >= 0.3 is 0 Å². The Morgan fingerprint density at radius 3 is 2.50 bits per heavy atom. The summed E-state index contributed by atoms with van der Waals surface area (Å²) >= 11 is 0. The molecule has 1 aromatic rings. The van der Waals surface area contributed by atoms with Crippen molar-refractivity contribution in [2.45, 2.75) is 45.6 Å². The van der Waals surface area contributed by atoms with Gasteiger partial charge in [0.2, 0.25) is 0 Å². The number of rotatable bonds is 7. The van der Waals surface area contributed by atoms with E-state index in [2.05, 4.69) is 64.6 Å². The van der Waals surface area contributed by atoms with E-state index in [1.165, 1.54) is 44.6 Å². The van der Waals surface area contributed by atoms with E-state index < -0.39 is 0 Å². The number of nitrogens with one attached hydrogen (secondary N) is 2. The highest BCUT2D eigenvalue weighted by molar-refractivity contribution is 14.0. The second-order valence-corrected chi connectivity index (χ2v) is 7.92. The molecule has 0 spiro atoms. The zero-order valence-corrected chi connectivity index (χ0v) is 19.9. The Balaban J connectivity index is 0.00000280. The molecule has 6 heteroatoms. The smallest absolute Gasteiger partial charge is 0.191 e. The average molecular weight is 499 g/mol. The molecular weight excluding hydrogens is 461 g/mol. The number of halogens is 1. The van der Waals surface area contributed by atoms with Crippen LogP contribution in [-0.4, -0.2) is 62.7 Å². The second-order valence-electron chi connectivity index (χ2n) is 7.92. The quantitative estimate of drug-likeness (QED) is 0.342. The zero-order valence-electron chi connectivity index (χ0n) is 17.6. The molecule has 2 aliphatic rings. The standard InChI is InChI=1S/C22H37N5.HI/c1-3-13-26-14-10-19(11-15-26)17-24-22(23-4-2)25-20-12-16-27(18-20)21-8-6-5-7-9-21;/h5-9,19-20H,3-4,10-18H2,1-2H3,(H2,23,24,25);1H. The summed E-state index contributed by atoms with van der Waals surface area (Å²) in [6.07, 6.45) is 5.00. The van der Waals surface area contributed by atoms with Gasteiger partial charge in [0.1, 0.15) is 0 Å². The molecule has 3 rings (SSSR count). The highest BCUT2D eigenvalue weighted by Crippen LogP contribution is 2.20. The third-order valence-corrected chi connectivity index (χ3v) is 5.75. The van der Waals surface area contributed by atoms with Crippen LogP contribution in [0.25, 0.3) is 0 Å². The van der Waals surface area contributed by atoms with Crippen LogP contribution in [-0.2, 0) is 0 Å². The second kappa shape index (κ2) is 12.5. The van der Waals surface area contributed by atoms with Crippen LogP contribution in [0.4, 0.5) is 5.69 Å². The summed E-state index contributed by atoms with van der Waals surface area (Å²) in [5.41, 5.74) is 1.32. The molecule has 0 amide bonds. The van der Waals surface area contributed by atoms with Crippen molar-refractivity contribution >= 4 is 35.6 Å². The Bertz CT molecular complexity index is 572. The summed E-state index contributed by atoms with van der Waals surface area (Å²) in [6, 6.07) is 11.2. The minimum Gasteiger partial charge on any atom is -0.369 e. The summed E-state index contributed by atoms with van der Waals surface area (Å²) < 4.78 is 0. The fourth-order valence-corrected chi connectivity index (χ4v) is 4.19. The Kier molecular flexibility index (Phi) is 10.4. The molecule has 5 nitrogen and oxygen atoms in total. The van der Waals surface area contributed by atoms with Crippen LogP contribution in [0.3, 0.4) is 0 Å². The maximum absolute atomic E-state index is 4.93. The van der Waals surface area contributed by atoms with Crippen molar-refractivity contribution < 1.29 is 0 Å². The van der Waals surface area contributed by atoms with Gasteiger partial charge in [-0.05, 0) is 70.3 Å². The number of anilines is 1. The predicted molar refractivity (Wildman–Crippen MR) is 131 cm³/mol. The lowest BCUT2D eigenvalue weighted by Crippen LogP contribution is -2.45. The minimum absolute atomic E-state index is 0. The van der Waals surface area contributed by atoms with Crippen LogP contribution in [0.2, 0.25) is 0 Å². The lowest BCUT2D eigenvalue weighted by Gasteiger charge is -2.31. The molecule has 2 saturated heterocycles. The van der Waals surface area contributed by atoms with Crippen LogP contribution in [0.15, 0.2) is 35.3 Å². The largest absolute Gasteiger partial charge is 0.369 e. The number of hydrogen-bond acceptors (Lipinski definition) is 3. The van der Waals surface area contributed by atoms with Crippen molar-refractivity contribution in [3.05, 3.63) is 30.3 Å². The maximum atomic E-state index is 4.93. The number of hydrogen-bond donors (Lipinski definition) is 2. The van der Waals surface area contributed by atoms with Crippen LogP contribution in [0.5, 0.6) is 0 Å². The highest BCUT2D eigenvalue weighted by atomic mass is 127. The molecule has 158 valence electrons. The van der Waals surface area contributed by atoms with Crippen LogP contribution >= 0.6 is 24.0 Å². The summed E-state index contributed by atoms with van der Waals surface area (Å²) in [7, 11) is 0. The Morgan fingerprint density at radius 2 is 1.82 bits per heavy atom. The first-order chi connectivity index (χ1) is 13.3. The third kappa shape index (κ3) is 7.10. The first kappa shape index (κ1) is 23.3. The minimum atomic E-state index is 0. The molecule has 28 heavy (non-hydrogen) atoms. The summed E-state index contributed by atoms with van der Waals surface area (Å²) in [5.74, 6) is 1.73. The molecule has 2 N–H and O–H groups in total. The van der Waals surface area contributed by atoms with Gasteiger partial charge in [0.05, 0.1) is 0 Å². The molecule has 0 aliphatic carbocycles. The molecule has 2 aliphatic heterocycles. The van der Waals surface area contributed by atoms with E-state index in [4.69, 9.17) is 4.99 Å². The molecule has 2 heterocycles. The third-order valence-electron chi connectivity index (χ3n) is 5.75. The number of nitrogens with zero attached hydrogens (tertiary/aromatic N) is 3. The van der Waals surface area contributed by atoms with Gasteiger partial charge in [-0.2, -0.15) is 0 Å². The molecule has 2 fully saturated rings. The molecule has 1 aromatic carbocycles. The van der Waals surface area contributed by atoms with Crippen molar-refractivity contribution in [1.82, 2.24) is 15.5 Å². The first-order valence-electron chi connectivity index (χ1n) is 10.9. The van der Waals surface area contributed by atoms with Gasteiger partial charge in [-0.3, -0.25) is 4.99 Å². The van der Waals surface area contributed by atoms with E-state index in [0.717, 1.165) is 44.5 Å². The van der Waals surface area contributed by atoms with Gasteiger partial charge in [0.15, 0.2) is 5.96 Å². The Hall–Kier alpha value is -1.02. The maximum Gasteiger partial charge on any atom is 0.191 e. The van der Waals surface area contributed by atoms with Crippen LogP contribution in [0.1, 0.15) is 39.5 Å². The van der Waals surface area contributed by atoms with Gasteiger partial charge in [0, 0.05) is 37.9 Å². The van der Waals surface area contributed by atoms with Gasteiger partial charge in [0.25, 0.3) is 0 Å². The number of piperidine rings is 1. The number of aliphatic imine (C=N–C) groups is 1. The van der Waals surface area contributed by atoms with E-state index >= 15 is 0 Å². The zero-order chi connectivity index (χ0) is 18.9. The normalized spacial score (nSPS) is 21.4. The first-order valence-corrected chi connectivity index (χ1v) is 10.9. The molecule has 0 bridgehead atoms. The Labute approximate surface area is 188 Å². The molecule has 1 atom stereocenters. The number of likely N-dealkylation sites (tertiary alicyclic amines) is 1. The van der Waals surface area contributed by atoms with E-state index in [0.29, 0.717) is 6.04 Å². The fourth-order valence-electron chi connectivity index (χ4n) is 4.19. The summed E-state index contributed by atoms with van der Waals surface area (Å²) in [4.78, 5) is 9.99. The average Bonchev–Trinajstić information content (AvgIpc) is 3.17. The number of para-hydroxylation sites is 1. The van der Waals surface area contributed by atoms with Gasteiger partial charge in [-0.25, -0.2) is 0 Å². The van der Waals surface area contributed by atoms with Crippen molar-refractivity contribution in [2.24, 2.45) is 10.9 Å². The van der Waals surface area contributed by atoms with Crippen LogP contribution < -0.4 is 15.5 Å². The topological polar surface area (TPSA) is 42.9 Å². The van der Waals surface area contributed by atoms with Crippen molar-refractivity contribution in [3.63, 3.8) is 0 Å². The Morgan fingerprint density at radius 1 is 1.07 bits per heavy atom. The molecular formula is C22H38IN5. The van der Waals surface area contributed by atoms with E-state index in [-0.39, 0.29) is 24.0 Å². The summed E-state index contributed by atoms with van der Waals surface area (Å²) in [5, 5.41) is 7.11. The van der Waals surface area contributed by atoms with E-state index in [9.17, 15) is 0 Å². The van der Waals surface area contributed by atoms with E-state index in [1.54, 1.807) is 0 Å². The number of benzene rings is 1. The van der Waals surface area contributed by atoms with Gasteiger partial charge in [-0.15, -0.1) is 24.0 Å². The van der Waals surface area contributed by atoms with Crippen molar-refractivity contribution in [2.75, 3.05) is 50.7 Å². The van der Waals surface area contributed by atoms with Gasteiger partial charge < -0.3 is 20.4 Å². The van der Waals surface area contributed by atoms with Gasteiger partial charge in [-0.1, -0.05) is 25.1 Å². The van der Waals surface area contributed by atoms with Crippen LogP contribution in [0, 0.1) is 5.92 Å². The predicted octanol–water partition coefficient (Wildman–Crippen LogP) is 3.56. The molecule has 1 unspecified atom stereocenters. The van der Waals surface area contributed by atoms with Crippen molar-refractivity contribution in [1.29, 1.82) is 0 Å². The van der Waals surface area contributed by atoms with Crippen molar-refractivity contribution in [3.8, 4) is 0 Å². The number of guanidine groups is 1. The highest BCUT2D eigenvalue weighted by Gasteiger charge is 2.24. The molecule has 0 saturated carbocycles. The summed E-state index contributed by atoms with van der Waals surface area (Å²) in [6.45, 7) is 12.2. The molecule has 0 radical (unpaired) electrons. The SMILES string of the molecule is CCCN1CCC(CN=C(NCC)NC2CCN(c3ccccc3)C2)CC1.I.